The van der Waals surface area contributed by atoms with Crippen LogP contribution >= 0.6 is 12.2 Å². The van der Waals surface area contributed by atoms with Crippen LogP contribution in [-0.4, -0.2) is 14.8 Å². The van der Waals surface area contributed by atoms with Crippen LogP contribution in [0, 0.1) is 13.8 Å². The zero-order valence-electron chi connectivity index (χ0n) is 14.7. The highest BCUT2D eigenvalue weighted by Crippen LogP contribution is 2.38. The van der Waals surface area contributed by atoms with Crippen molar-refractivity contribution in [3.63, 3.8) is 0 Å². The molecule has 2 aromatic carbocycles. The second-order valence-corrected chi connectivity index (χ2v) is 6.37. The number of allylic oxidation sites excluding steroid dienone is 1. The second-order valence-electron chi connectivity index (χ2n) is 5.99. The van der Waals surface area contributed by atoms with Crippen LogP contribution in [0.5, 0.6) is 5.88 Å². The molecule has 0 saturated heterocycles. The number of anilines is 1. The van der Waals surface area contributed by atoms with Crippen molar-refractivity contribution >= 4 is 39.6 Å². The number of aromatic hydroxyl groups is 1. The number of benzene rings is 2. The van der Waals surface area contributed by atoms with Gasteiger partial charge >= 0.3 is 0 Å². The Bertz CT molecular complexity index is 1000. The first-order chi connectivity index (χ1) is 12.5. The maximum absolute atomic E-state index is 10.5. The molecule has 6 heteroatoms. The van der Waals surface area contributed by atoms with Gasteiger partial charge in [-0.15, -0.1) is 16.8 Å². The fraction of sp³-hybridized carbons (Fsp3) is 0.150. The number of aryl methyl sites for hydroxylation is 2. The summed E-state index contributed by atoms with van der Waals surface area (Å²) in [5.74, 6) is 0.0460. The first kappa shape index (κ1) is 17.8. The summed E-state index contributed by atoms with van der Waals surface area (Å²) in [4.78, 5) is 0. The van der Waals surface area contributed by atoms with Crippen LogP contribution in [0.15, 0.2) is 65.3 Å². The molecule has 0 saturated carbocycles. The third kappa shape index (κ3) is 3.36. The molecule has 0 aliphatic carbocycles. The molecule has 5 nitrogen and oxygen atoms in total. The molecule has 0 fully saturated rings. The molecular weight excluding hydrogens is 344 g/mol. The molecule has 1 aromatic heterocycles. The molecule has 2 N–H and O–H groups in total. The summed E-state index contributed by atoms with van der Waals surface area (Å²) in [5, 5.41) is 23.0. The van der Waals surface area contributed by atoms with Gasteiger partial charge in [-0.3, -0.25) is 0 Å². The normalized spacial score (nSPS) is 11.2. The highest BCUT2D eigenvalue weighted by atomic mass is 32.1. The smallest absolute Gasteiger partial charge is 0.221 e. The lowest BCUT2D eigenvalue weighted by atomic mass is 10.1. The van der Waals surface area contributed by atoms with Crippen LogP contribution in [0.25, 0.3) is 10.9 Å². The van der Waals surface area contributed by atoms with Gasteiger partial charge in [-0.25, -0.2) is 0 Å². The number of aromatic nitrogens is 1. The zero-order valence-corrected chi connectivity index (χ0v) is 15.5. The Kier molecular flexibility index (Phi) is 5.14. The molecule has 0 unspecified atom stereocenters. The summed E-state index contributed by atoms with van der Waals surface area (Å²) in [6.07, 6.45) is 1.72. The molecule has 1 heterocycles. The fourth-order valence-electron chi connectivity index (χ4n) is 2.92. The van der Waals surface area contributed by atoms with Gasteiger partial charge in [0.05, 0.1) is 5.52 Å². The Labute approximate surface area is 157 Å². The van der Waals surface area contributed by atoms with E-state index in [1.807, 2.05) is 56.3 Å². The van der Waals surface area contributed by atoms with E-state index < -0.39 is 0 Å². The predicted molar refractivity (Wildman–Crippen MR) is 110 cm³/mol. The number of rotatable bonds is 4. The minimum absolute atomic E-state index is 0.0460. The highest BCUT2D eigenvalue weighted by Gasteiger charge is 2.15. The predicted octanol–water partition coefficient (Wildman–Crippen LogP) is 5.63. The summed E-state index contributed by atoms with van der Waals surface area (Å²) in [6.45, 7) is 8.22. The summed E-state index contributed by atoms with van der Waals surface area (Å²) in [5.41, 5.74) is 4.34. The van der Waals surface area contributed by atoms with Crippen LogP contribution in [0.4, 0.5) is 11.4 Å². The van der Waals surface area contributed by atoms with Gasteiger partial charge < -0.3 is 15.0 Å². The van der Waals surface area contributed by atoms with Crippen LogP contribution in [0.1, 0.15) is 11.1 Å². The van der Waals surface area contributed by atoms with Gasteiger partial charge in [0.2, 0.25) is 11.0 Å². The Morgan fingerprint density at radius 3 is 2.58 bits per heavy atom. The SMILES string of the molecule is C=CCn1c(O)c(N=NC(=S)Nc2c(C)cccc2C)c2ccccc21. The van der Waals surface area contributed by atoms with E-state index in [0.717, 1.165) is 27.7 Å². The number of azo groups is 1. The van der Waals surface area contributed by atoms with Crippen molar-refractivity contribution in [2.24, 2.45) is 10.2 Å². The molecule has 0 bridgehead atoms. The van der Waals surface area contributed by atoms with Gasteiger partial charge in [0.15, 0.2) is 5.69 Å². The Balaban J connectivity index is 1.92. The van der Waals surface area contributed by atoms with Gasteiger partial charge in [0.25, 0.3) is 0 Å². The van der Waals surface area contributed by atoms with Gasteiger partial charge in [-0.2, -0.15) is 0 Å². The topological polar surface area (TPSA) is 61.9 Å². The Morgan fingerprint density at radius 1 is 1.19 bits per heavy atom. The lowest BCUT2D eigenvalue weighted by Gasteiger charge is -2.10. The molecule has 0 amide bonds. The number of hydrogen-bond acceptors (Lipinski definition) is 3. The highest BCUT2D eigenvalue weighted by molar-refractivity contribution is 7.80. The van der Waals surface area contributed by atoms with E-state index in [9.17, 15) is 5.11 Å². The van der Waals surface area contributed by atoms with Crippen LogP contribution in [0.3, 0.4) is 0 Å². The average molecular weight is 364 g/mol. The van der Waals surface area contributed by atoms with Crippen LogP contribution < -0.4 is 5.32 Å². The number of thiocarbonyl (C=S) groups is 1. The molecule has 0 spiro atoms. The minimum atomic E-state index is 0.0460. The number of para-hydroxylation sites is 2. The molecular formula is C20H20N4OS. The third-order valence-corrected chi connectivity index (χ3v) is 4.37. The molecule has 132 valence electrons. The van der Waals surface area contributed by atoms with Crippen molar-refractivity contribution in [2.45, 2.75) is 20.4 Å². The Morgan fingerprint density at radius 2 is 1.88 bits per heavy atom. The van der Waals surface area contributed by atoms with E-state index in [0.29, 0.717) is 12.2 Å². The van der Waals surface area contributed by atoms with E-state index in [2.05, 4.69) is 22.1 Å². The summed E-state index contributed by atoms with van der Waals surface area (Å²) in [7, 11) is 0. The number of nitrogens with one attached hydrogen (secondary N) is 1. The lowest BCUT2D eigenvalue weighted by molar-refractivity contribution is 0.431. The van der Waals surface area contributed by atoms with Crippen molar-refractivity contribution in [1.82, 2.24) is 4.57 Å². The van der Waals surface area contributed by atoms with Crippen molar-refractivity contribution in [1.29, 1.82) is 0 Å². The van der Waals surface area contributed by atoms with Gasteiger partial charge in [-0.1, -0.05) is 42.5 Å². The van der Waals surface area contributed by atoms with Gasteiger partial charge in [0, 0.05) is 17.6 Å². The van der Waals surface area contributed by atoms with Crippen molar-refractivity contribution in [3.8, 4) is 5.88 Å². The van der Waals surface area contributed by atoms with Crippen molar-refractivity contribution < 1.29 is 5.11 Å². The molecule has 26 heavy (non-hydrogen) atoms. The maximum atomic E-state index is 10.5. The van der Waals surface area contributed by atoms with Gasteiger partial charge in [-0.05, 0) is 43.3 Å². The molecule has 0 atom stereocenters. The monoisotopic (exact) mass is 364 g/mol. The number of fused-ring (bicyclic) bond motifs is 1. The van der Waals surface area contributed by atoms with E-state index in [-0.39, 0.29) is 11.0 Å². The summed E-state index contributed by atoms with van der Waals surface area (Å²) in [6, 6.07) is 13.6. The minimum Gasteiger partial charge on any atom is -0.493 e. The van der Waals surface area contributed by atoms with E-state index >= 15 is 0 Å². The van der Waals surface area contributed by atoms with Crippen molar-refractivity contribution in [2.75, 3.05) is 5.32 Å². The molecule has 3 rings (SSSR count). The molecule has 0 aliphatic heterocycles. The first-order valence-corrected chi connectivity index (χ1v) is 8.63. The van der Waals surface area contributed by atoms with Crippen LogP contribution in [0.2, 0.25) is 0 Å². The largest absolute Gasteiger partial charge is 0.493 e. The molecule has 0 radical (unpaired) electrons. The van der Waals surface area contributed by atoms with E-state index in [1.54, 1.807) is 10.6 Å². The van der Waals surface area contributed by atoms with Crippen LogP contribution in [-0.2, 0) is 6.54 Å². The van der Waals surface area contributed by atoms with Crippen molar-refractivity contribution in [3.05, 3.63) is 66.2 Å². The quantitative estimate of drug-likeness (QED) is 0.358. The average Bonchev–Trinajstić information content (AvgIpc) is 2.89. The number of nitrogens with zero attached hydrogens (tertiary/aromatic N) is 3. The van der Waals surface area contributed by atoms with E-state index in [4.69, 9.17) is 12.2 Å². The van der Waals surface area contributed by atoms with Gasteiger partial charge in [0.1, 0.15) is 0 Å². The maximum Gasteiger partial charge on any atom is 0.221 e. The third-order valence-electron chi connectivity index (χ3n) is 4.18. The zero-order chi connectivity index (χ0) is 18.7. The fourth-order valence-corrected chi connectivity index (χ4v) is 3.07. The summed E-state index contributed by atoms with van der Waals surface area (Å²) >= 11 is 5.30. The first-order valence-electron chi connectivity index (χ1n) is 8.23. The second kappa shape index (κ2) is 7.49. The molecule has 0 aliphatic rings. The molecule has 3 aromatic rings. The standard InChI is InChI=1S/C20H20N4OS/c1-4-12-24-16-11-6-5-10-15(16)18(19(24)25)22-23-20(26)21-17-13(2)8-7-9-14(17)3/h4-11,25H,1,12H2,2-3H3,(H,21,26). The Hall–Kier alpha value is -2.99. The summed E-state index contributed by atoms with van der Waals surface area (Å²) < 4.78 is 1.73. The number of hydrogen-bond donors (Lipinski definition) is 2. The van der Waals surface area contributed by atoms with E-state index in [1.165, 1.54) is 0 Å². The lowest BCUT2D eigenvalue weighted by Crippen LogP contribution is -2.07.